The van der Waals surface area contributed by atoms with Gasteiger partial charge in [-0.1, -0.05) is 13.3 Å². The average molecular weight is 216 g/mol. The molecule has 0 heterocycles. The van der Waals surface area contributed by atoms with Crippen molar-refractivity contribution in [2.45, 2.75) is 26.7 Å². The molecule has 86 valence electrons. The number of ether oxygens (including phenoxy) is 1. The van der Waals surface area contributed by atoms with Gasteiger partial charge in [0, 0.05) is 0 Å². The summed E-state index contributed by atoms with van der Waals surface area (Å²) in [5.74, 6) is -1.47. The largest absolute Gasteiger partial charge is 0.486 e. The molecule has 0 unspecified atom stereocenters. The SMILES string of the molecule is CCCC(NC(N)=O)=C(OCC)C(=O)O. The Kier molecular flexibility index (Phi) is 5.92. The fourth-order valence-corrected chi connectivity index (χ4v) is 1.05. The third-order valence-corrected chi connectivity index (χ3v) is 1.53. The molecule has 2 amide bonds. The molecule has 4 N–H and O–H groups in total. The van der Waals surface area contributed by atoms with Crippen molar-refractivity contribution in [1.29, 1.82) is 0 Å². The number of carbonyl (C=O) groups is 2. The lowest BCUT2D eigenvalue weighted by molar-refractivity contribution is -0.136. The van der Waals surface area contributed by atoms with E-state index in [9.17, 15) is 9.59 Å². The van der Waals surface area contributed by atoms with Crippen molar-refractivity contribution in [2.24, 2.45) is 5.73 Å². The minimum absolute atomic E-state index is 0.208. The lowest BCUT2D eigenvalue weighted by atomic mass is 10.2. The number of nitrogens with two attached hydrogens (primary N) is 1. The molecule has 0 aromatic heterocycles. The molecule has 0 fully saturated rings. The second-order valence-electron chi connectivity index (χ2n) is 2.79. The zero-order valence-corrected chi connectivity index (χ0v) is 8.87. The van der Waals surface area contributed by atoms with E-state index in [1.165, 1.54) is 0 Å². The zero-order valence-electron chi connectivity index (χ0n) is 8.87. The van der Waals surface area contributed by atoms with Gasteiger partial charge in [-0.2, -0.15) is 0 Å². The van der Waals surface area contributed by atoms with Gasteiger partial charge in [-0.25, -0.2) is 9.59 Å². The van der Waals surface area contributed by atoms with Crippen LogP contribution in [0.3, 0.4) is 0 Å². The van der Waals surface area contributed by atoms with Gasteiger partial charge in [0.15, 0.2) is 0 Å². The molecule has 0 rings (SSSR count). The van der Waals surface area contributed by atoms with E-state index >= 15 is 0 Å². The molecule has 0 aromatic carbocycles. The molecule has 0 saturated carbocycles. The van der Waals surface area contributed by atoms with E-state index in [1.54, 1.807) is 6.92 Å². The minimum atomic E-state index is -1.21. The average Bonchev–Trinajstić information content (AvgIpc) is 2.12. The number of hydrogen-bond acceptors (Lipinski definition) is 3. The summed E-state index contributed by atoms with van der Waals surface area (Å²) in [7, 11) is 0. The number of allylic oxidation sites excluding steroid dienone is 1. The number of amides is 2. The normalized spacial score (nSPS) is 11.6. The summed E-state index contributed by atoms with van der Waals surface area (Å²) in [5.41, 5.74) is 5.13. The number of carboxylic acids is 1. The molecule has 0 aliphatic rings. The van der Waals surface area contributed by atoms with Crippen LogP contribution in [0.1, 0.15) is 26.7 Å². The van der Waals surface area contributed by atoms with E-state index in [1.807, 2.05) is 6.92 Å². The van der Waals surface area contributed by atoms with Crippen molar-refractivity contribution in [3.8, 4) is 0 Å². The molecule has 0 atom stereocenters. The molecule has 6 heteroatoms. The highest BCUT2D eigenvalue weighted by molar-refractivity contribution is 5.86. The fraction of sp³-hybridized carbons (Fsp3) is 0.556. The second-order valence-corrected chi connectivity index (χ2v) is 2.79. The number of aliphatic carboxylic acids is 1. The van der Waals surface area contributed by atoms with E-state index in [2.05, 4.69) is 5.32 Å². The first-order valence-corrected chi connectivity index (χ1v) is 4.68. The van der Waals surface area contributed by atoms with Gasteiger partial charge in [-0.15, -0.1) is 0 Å². The highest BCUT2D eigenvalue weighted by Crippen LogP contribution is 2.10. The number of urea groups is 1. The van der Waals surface area contributed by atoms with Crippen LogP contribution in [0.15, 0.2) is 11.5 Å². The van der Waals surface area contributed by atoms with Gasteiger partial charge < -0.3 is 20.9 Å². The molecule has 15 heavy (non-hydrogen) atoms. The third kappa shape index (κ3) is 4.90. The van der Waals surface area contributed by atoms with E-state index < -0.39 is 12.0 Å². The van der Waals surface area contributed by atoms with Crippen LogP contribution >= 0.6 is 0 Å². The summed E-state index contributed by atoms with van der Waals surface area (Å²) >= 11 is 0. The lowest BCUT2D eigenvalue weighted by Crippen LogP contribution is -2.31. The van der Waals surface area contributed by atoms with Gasteiger partial charge in [-0.3, -0.25) is 0 Å². The summed E-state index contributed by atoms with van der Waals surface area (Å²) in [4.78, 5) is 21.5. The second kappa shape index (κ2) is 6.69. The van der Waals surface area contributed by atoms with Crippen LogP contribution in [-0.2, 0) is 9.53 Å². The number of carboxylic acid groups (broad SMARTS) is 1. The molecule has 0 aliphatic heterocycles. The fourth-order valence-electron chi connectivity index (χ4n) is 1.05. The predicted molar refractivity (Wildman–Crippen MR) is 53.9 cm³/mol. The van der Waals surface area contributed by atoms with E-state index in [0.29, 0.717) is 12.8 Å². The molecule has 0 spiro atoms. The molecule has 0 bridgehead atoms. The van der Waals surface area contributed by atoms with Crippen LogP contribution < -0.4 is 11.1 Å². The first kappa shape index (κ1) is 13.3. The Hall–Kier alpha value is -1.72. The number of hydrogen-bond donors (Lipinski definition) is 3. The summed E-state index contributed by atoms with van der Waals surface area (Å²) < 4.78 is 4.93. The lowest BCUT2D eigenvalue weighted by Gasteiger charge is -2.11. The summed E-state index contributed by atoms with van der Waals surface area (Å²) in [6, 6.07) is -0.795. The van der Waals surface area contributed by atoms with Crippen molar-refractivity contribution in [1.82, 2.24) is 5.32 Å². The molecular formula is C9H16N2O4. The standard InChI is InChI=1S/C9H16N2O4/c1-3-5-6(11-9(10)14)7(8(12)13)15-4-2/h3-5H2,1-2H3,(H,12,13)(H3,10,11,14). The monoisotopic (exact) mass is 216 g/mol. The van der Waals surface area contributed by atoms with Crippen molar-refractivity contribution in [2.75, 3.05) is 6.61 Å². The van der Waals surface area contributed by atoms with Crippen molar-refractivity contribution >= 4 is 12.0 Å². The quantitative estimate of drug-likeness (QED) is 0.451. The first-order chi connectivity index (χ1) is 7.02. The summed E-state index contributed by atoms with van der Waals surface area (Å²) in [5, 5.41) is 11.1. The molecule has 0 aliphatic carbocycles. The maximum Gasteiger partial charge on any atom is 0.373 e. The van der Waals surface area contributed by atoms with Gasteiger partial charge in [0.2, 0.25) is 5.76 Å². The number of carbonyl (C=O) groups excluding carboxylic acids is 1. The molecule has 0 saturated heterocycles. The Morgan fingerprint density at radius 3 is 2.33 bits per heavy atom. The van der Waals surface area contributed by atoms with Crippen LogP contribution in [0, 0.1) is 0 Å². The highest BCUT2D eigenvalue weighted by atomic mass is 16.5. The van der Waals surface area contributed by atoms with E-state index in [-0.39, 0.29) is 18.1 Å². The van der Waals surface area contributed by atoms with Crippen LogP contribution in [0.4, 0.5) is 4.79 Å². The van der Waals surface area contributed by atoms with Crippen LogP contribution in [-0.4, -0.2) is 23.7 Å². The topological polar surface area (TPSA) is 102 Å². The van der Waals surface area contributed by atoms with E-state index in [4.69, 9.17) is 15.6 Å². The maximum atomic E-state index is 10.8. The van der Waals surface area contributed by atoms with Gasteiger partial charge in [-0.05, 0) is 13.3 Å². The Morgan fingerprint density at radius 2 is 2.00 bits per heavy atom. The maximum absolute atomic E-state index is 10.8. The summed E-state index contributed by atoms with van der Waals surface area (Å²) in [6.07, 6.45) is 1.07. The van der Waals surface area contributed by atoms with Crippen molar-refractivity contribution < 1.29 is 19.4 Å². The highest BCUT2D eigenvalue weighted by Gasteiger charge is 2.16. The molecular weight excluding hydrogens is 200 g/mol. The summed E-state index contributed by atoms with van der Waals surface area (Å²) in [6.45, 7) is 3.74. The Morgan fingerprint density at radius 1 is 1.40 bits per heavy atom. The predicted octanol–water partition coefficient (Wildman–Crippen LogP) is 0.788. The Labute approximate surface area is 88.1 Å². The smallest absolute Gasteiger partial charge is 0.373 e. The van der Waals surface area contributed by atoms with E-state index in [0.717, 1.165) is 0 Å². The van der Waals surface area contributed by atoms with Crippen LogP contribution in [0.25, 0.3) is 0 Å². The molecule has 0 aromatic rings. The minimum Gasteiger partial charge on any atom is -0.486 e. The Balaban J connectivity index is 4.94. The third-order valence-electron chi connectivity index (χ3n) is 1.53. The van der Waals surface area contributed by atoms with Gasteiger partial charge in [0.05, 0.1) is 12.3 Å². The molecule has 0 radical (unpaired) electrons. The van der Waals surface area contributed by atoms with Crippen molar-refractivity contribution in [3.05, 3.63) is 11.5 Å². The number of rotatable bonds is 6. The van der Waals surface area contributed by atoms with Gasteiger partial charge in [0.25, 0.3) is 0 Å². The zero-order chi connectivity index (χ0) is 11.8. The first-order valence-electron chi connectivity index (χ1n) is 4.68. The Bertz CT molecular complexity index is 273. The molecule has 6 nitrogen and oxygen atoms in total. The van der Waals surface area contributed by atoms with Gasteiger partial charge in [0.1, 0.15) is 0 Å². The number of nitrogens with one attached hydrogen (secondary N) is 1. The number of primary amides is 1. The van der Waals surface area contributed by atoms with Crippen molar-refractivity contribution in [3.63, 3.8) is 0 Å². The van der Waals surface area contributed by atoms with Gasteiger partial charge >= 0.3 is 12.0 Å². The van der Waals surface area contributed by atoms with Crippen LogP contribution in [0.5, 0.6) is 0 Å². The van der Waals surface area contributed by atoms with Crippen LogP contribution in [0.2, 0.25) is 0 Å².